The molecule has 0 bridgehead atoms. The molecule has 0 heterocycles. The molecule has 17 heavy (non-hydrogen) atoms. The van der Waals surface area contributed by atoms with E-state index in [1.807, 2.05) is 19.1 Å². The van der Waals surface area contributed by atoms with Crippen molar-refractivity contribution in [2.75, 3.05) is 0 Å². The zero-order chi connectivity index (χ0) is 12.4. The van der Waals surface area contributed by atoms with E-state index in [4.69, 9.17) is 0 Å². The van der Waals surface area contributed by atoms with Gasteiger partial charge >= 0.3 is 0 Å². The fraction of sp³-hybridized carbons (Fsp3) is 0.312. The van der Waals surface area contributed by atoms with Crippen molar-refractivity contribution in [1.82, 2.24) is 0 Å². The van der Waals surface area contributed by atoms with Crippen molar-refractivity contribution in [2.45, 2.75) is 26.7 Å². The molecule has 0 saturated carbocycles. The summed E-state index contributed by atoms with van der Waals surface area (Å²) < 4.78 is 0. The van der Waals surface area contributed by atoms with Gasteiger partial charge in [0.2, 0.25) is 0 Å². The number of hydrogen-bond donors (Lipinski definition) is 0. The predicted octanol–water partition coefficient (Wildman–Crippen LogP) is 4.12. The maximum atomic E-state index is 11.5. The Morgan fingerprint density at radius 2 is 1.71 bits per heavy atom. The molecule has 0 aromatic heterocycles. The summed E-state index contributed by atoms with van der Waals surface area (Å²) in [6.07, 6.45) is 0. The van der Waals surface area contributed by atoms with Crippen molar-refractivity contribution in [3.8, 4) is 11.1 Å². The second-order valence-electron chi connectivity index (χ2n) is 4.76. The first kappa shape index (κ1) is 11.8. The van der Waals surface area contributed by atoms with Crippen LogP contribution in [0.1, 0.15) is 32.3 Å². The highest BCUT2D eigenvalue weighted by molar-refractivity contribution is 5.80. The number of carbonyl (C=O) groups excluding carboxylic acids is 1. The second-order valence-corrected chi connectivity index (χ2v) is 4.76. The molecular weight excluding hydrogens is 208 g/mol. The molecular formula is C16H18O. The number of hydrogen-bond acceptors (Lipinski definition) is 1. The van der Waals surface area contributed by atoms with Gasteiger partial charge in [0, 0.05) is 5.92 Å². The Morgan fingerprint density at radius 3 is 2.41 bits per heavy atom. The van der Waals surface area contributed by atoms with E-state index in [0.29, 0.717) is 0 Å². The van der Waals surface area contributed by atoms with Crippen molar-refractivity contribution in [1.29, 1.82) is 0 Å². The van der Waals surface area contributed by atoms with Gasteiger partial charge < -0.3 is 0 Å². The number of ketones is 1. The monoisotopic (exact) mass is 226 g/mol. The summed E-state index contributed by atoms with van der Waals surface area (Å²) in [5.74, 6) is 0.602. The molecule has 0 aliphatic heterocycles. The minimum atomic E-state index is 0.0751. The molecule has 2 atom stereocenters. The molecule has 2 unspecified atom stereocenters. The average molecular weight is 226 g/mol. The van der Waals surface area contributed by atoms with Gasteiger partial charge in [0.15, 0.2) is 0 Å². The third-order valence-corrected chi connectivity index (χ3v) is 3.71. The van der Waals surface area contributed by atoms with Crippen LogP contribution in [-0.4, -0.2) is 5.78 Å². The molecule has 0 fully saturated rings. The summed E-state index contributed by atoms with van der Waals surface area (Å²) in [6, 6.07) is 14.7. The average Bonchev–Trinajstić information content (AvgIpc) is 2.56. The Bertz CT molecular complexity index is 501. The van der Waals surface area contributed by atoms with Crippen molar-refractivity contribution in [3.05, 3.63) is 48.0 Å². The van der Waals surface area contributed by atoms with Gasteiger partial charge in [-0.15, -0.1) is 0 Å². The minimum Gasteiger partial charge on any atom is -0.300 e. The van der Waals surface area contributed by atoms with Crippen LogP contribution in [0.15, 0.2) is 42.5 Å². The lowest BCUT2D eigenvalue weighted by Crippen LogP contribution is -2.14. The molecule has 88 valence electrons. The topological polar surface area (TPSA) is 17.1 Å². The molecule has 0 amide bonds. The highest BCUT2D eigenvalue weighted by atomic mass is 16.1. The third-order valence-electron chi connectivity index (χ3n) is 3.71. The van der Waals surface area contributed by atoms with Crippen molar-refractivity contribution >= 4 is 5.78 Å². The summed E-state index contributed by atoms with van der Waals surface area (Å²) in [5.41, 5.74) is 3.78. The Hall–Kier alpha value is -1.63. The van der Waals surface area contributed by atoms with Gasteiger partial charge in [0.25, 0.3) is 0 Å². The Kier molecular flexibility index (Phi) is 3.28. The quantitative estimate of drug-likeness (QED) is 0.769. The third kappa shape index (κ3) is 2.23. The van der Waals surface area contributed by atoms with Gasteiger partial charge in [-0.2, -0.15) is 0 Å². The summed E-state index contributed by atoms with van der Waals surface area (Å²) >= 11 is 0. The fourth-order valence-electron chi connectivity index (χ4n) is 2.26. The smallest absolute Gasteiger partial charge is 0.133 e. The van der Waals surface area contributed by atoms with Crippen LogP contribution in [0.4, 0.5) is 0 Å². The zero-order valence-corrected chi connectivity index (χ0v) is 10.6. The Morgan fingerprint density at radius 1 is 1.00 bits per heavy atom. The van der Waals surface area contributed by atoms with Crippen LogP contribution >= 0.6 is 0 Å². The van der Waals surface area contributed by atoms with Crippen LogP contribution in [0.5, 0.6) is 0 Å². The number of fused-ring (bicyclic) bond motifs is 1. The first-order chi connectivity index (χ1) is 8.11. The summed E-state index contributed by atoms with van der Waals surface area (Å²) in [7, 11) is 0. The Labute approximate surface area is 103 Å². The highest BCUT2D eigenvalue weighted by Crippen LogP contribution is 2.35. The molecule has 0 radical (unpaired) electrons. The van der Waals surface area contributed by atoms with Crippen LogP contribution in [0.2, 0.25) is 0 Å². The summed E-state index contributed by atoms with van der Waals surface area (Å²) in [6.45, 7) is 5.81. The number of rotatable bonds is 3. The normalized spacial score (nSPS) is 14.5. The van der Waals surface area contributed by atoms with Crippen molar-refractivity contribution in [2.24, 2.45) is 5.92 Å². The van der Waals surface area contributed by atoms with E-state index in [9.17, 15) is 4.79 Å². The van der Waals surface area contributed by atoms with E-state index in [2.05, 4.69) is 37.3 Å². The molecule has 0 saturated heterocycles. The maximum absolute atomic E-state index is 11.5. The number of Topliss-reactive ketones (excluding diaryl/α,β-unsaturated/α-hetero) is 1. The van der Waals surface area contributed by atoms with Crippen LogP contribution in [0, 0.1) is 5.92 Å². The molecule has 2 aliphatic rings. The summed E-state index contributed by atoms with van der Waals surface area (Å²) in [5, 5.41) is 0. The molecule has 0 N–H and O–H groups in total. The lowest BCUT2D eigenvalue weighted by Gasteiger charge is -2.17. The summed E-state index contributed by atoms with van der Waals surface area (Å²) in [4.78, 5) is 11.5. The molecule has 2 rings (SSSR count). The minimum absolute atomic E-state index is 0.0751. The van der Waals surface area contributed by atoms with E-state index >= 15 is 0 Å². The van der Waals surface area contributed by atoms with Crippen LogP contribution < -0.4 is 0 Å². The van der Waals surface area contributed by atoms with Gasteiger partial charge in [-0.3, -0.25) is 4.79 Å². The van der Waals surface area contributed by atoms with E-state index in [0.717, 1.165) is 0 Å². The van der Waals surface area contributed by atoms with Crippen LogP contribution in [-0.2, 0) is 4.79 Å². The molecule has 2 aliphatic carbocycles. The van der Waals surface area contributed by atoms with E-state index < -0.39 is 0 Å². The van der Waals surface area contributed by atoms with Gasteiger partial charge in [0.05, 0.1) is 0 Å². The van der Waals surface area contributed by atoms with Crippen LogP contribution in [0.25, 0.3) is 11.1 Å². The van der Waals surface area contributed by atoms with E-state index in [1.165, 1.54) is 16.7 Å². The van der Waals surface area contributed by atoms with Crippen molar-refractivity contribution in [3.63, 3.8) is 0 Å². The largest absolute Gasteiger partial charge is 0.300 e. The molecule has 0 aromatic carbocycles. The van der Waals surface area contributed by atoms with Gasteiger partial charge in [-0.25, -0.2) is 0 Å². The molecule has 0 spiro atoms. The van der Waals surface area contributed by atoms with E-state index in [-0.39, 0.29) is 17.6 Å². The standard InChI is InChI=1S/C16H18O/c1-11(13(3)17)12(2)15-10-9-14-7-5-4-6-8-16(14)15/h4-12H,1-3H3. The van der Waals surface area contributed by atoms with Crippen molar-refractivity contribution < 1.29 is 4.79 Å². The highest BCUT2D eigenvalue weighted by Gasteiger charge is 2.22. The lowest BCUT2D eigenvalue weighted by molar-refractivity contribution is -0.120. The number of carbonyl (C=O) groups is 1. The predicted molar refractivity (Wildman–Crippen MR) is 71.3 cm³/mol. The molecule has 1 nitrogen and oxygen atoms in total. The van der Waals surface area contributed by atoms with Crippen LogP contribution in [0.3, 0.4) is 0 Å². The first-order valence-electron chi connectivity index (χ1n) is 6.09. The maximum Gasteiger partial charge on any atom is 0.133 e. The fourth-order valence-corrected chi connectivity index (χ4v) is 2.26. The van der Waals surface area contributed by atoms with Gasteiger partial charge in [0.1, 0.15) is 5.78 Å². The van der Waals surface area contributed by atoms with Gasteiger partial charge in [-0.05, 0) is 29.5 Å². The van der Waals surface area contributed by atoms with Gasteiger partial charge in [-0.1, -0.05) is 56.3 Å². The Balaban J connectivity index is 2.42. The van der Waals surface area contributed by atoms with E-state index in [1.54, 1.807) is 6.92 Å². The second kappa shape index (κ2) is 4.70. The SMILES string of the molecule is CC(=O)C(C)C(C)c1ccc2cccccc1-2. The zero-order valence-electron chi connectivity index (χ0n) is 10.6. The lowest BCUT2D eigenvalue weighted by atomic mass is 9.85. The first-order valence-corrected chi connectivity index (χ1v) is 6.09. The molecule has 0 aromatic rings. The molecule has 1 heteroatoms.